The Bertz CT molecular complexity index is 1080. The number of aliphatic hydroxyl groups excluding tert-OH is 2. The third-order valence-electron chi connectivity index (χ3n) is 4.50. The van der Waals surface area contributed by atoms with Crippen molar-refractivity contribution < 1.29 is 19.7 Å². The van der Waals surface area contributed by atoms with Gasteiger partial charge in [0.05, 0.1) is 6.33 Å². The molecule has 4 rings (SSSR count). The van der Waals surface area contributed by atoms with Gasteiger partial charge in [-0.3, -0.25) is 9.36 Å². The number of likely N-dealkylation sites (N-methyl/N-ethyl adjacent to an activating group) is 1. The number of carbonyl (C=O) groups excluding carboxylic acids is 1. The van der Waals surface area contributed by atoms with Gasteiger partial charge in [0.2, 0.25) is 5.28 Å². The summed E-state index contributed by atoms with van der Waals surface area (Å²) in [4.78, 5) is 24.6. The topological polar surface area (TPSA) is 134 Å². The first-order valence-corrected chi connectivity index (χ1v) is 10.0. The molecule has 1 aromatic carbocycles. The number of halogens is 2. The van der Waals surface area contributed by atoms with Gasteiger partial charge in [-0.05, 0) is 52.4 Å². The number of rotatable bonds is 4. The fraction of sp³-hybridized carbons (Fsp3) is 0.294. The predicted octanol–water partition coefficient (Wildman–Crippen LogP) is 1.19. The molecule has 4 atom stereocenters. The second kappa shape index (κ2) is 7.99. The number of hydrogen-bond acceptors (Lipinski definition) is 8. The number of nitrogens with one attached hydrogen (secondary N) is 2. The number of carbonyl (C=O) groups is 1. The van der Waals surface area contributed by atoms with Crippen LogP contribution in [0.5, 0.6) is 0 Å². The molecule has 3 aromatic rings. The average Bonchev–Trinajstić information content (AvgIpc) is 3.23. The molecule has 0 saturated carbocycles. The van der Waals surface area contributed by atoms with Crippen molar-refractivity contribution in [2.45, 2.75) is 24.5 Å². The highest BCUT2D eigenvalue weighted by Crippen LogP contribution is 2.33. The van der Waals surface area contributed by atoms with Crippen LogP contribution in [0.1, 0.15) is 6.23 Å². The minimum atomic E-state index is -1.40. The molecule has 152 valence electrons. The Labute approximate surface area is 183 Å². The van der Waals surface area contributed by atoms with Crippen molar-refractivity contribution in [3.8, 4) is 0 Å². The molecule has 12 heteroatoms. The normalized spacial score (nSPS) is 24.0. The van der Waals surface area contributed by atoms with E-state index in [9.17, 15) is 15.0 Å². The minimum Gasteiger partial charge on any atom is -0.387 e. The van der Waals surface area contributed by atoms with Crippen molar-refractivity contribution in [2.24, 2.45) is 0 Å². The SMILES string of the molecule is CNC(=O)C1O[C@@H](n2cnc3c(Nc4cccc(I)c4)nc(Cl)nc32)[C@H](O)[C@@H]1O. The molecule has 1 unspecified atom stereocenters. The fourth-order valence-electron chi connectivity index (χ4n) is 3.11. The first kappa shape index (κ1) is 20.2. The van der Waals surface area contributed by atoms with Crippen molar-refractivity contribution in [1.29, 1.82) is 0 Å². The van der Waals surface area contributed by atoms with E-state index in [1.54, 1.807) is 0 Å². The summed E-state index contributed by atoms with van der Waals surface area (Å²) >= 11 is 8.30. The zero-order valence-electron chi connectivity index (χ0n) is 15.0. The molecule has 10 nitrogen and oxygen atoms in total. The molecule has 2 aromatic heterocycles. The average molecular weight is 531 g/mol. The highest BCUT2D eigenvalue weighted by atomic mass is 127. The Morgan fingerprint density at radius 3 is 2.83 bits per heavy atom. The summed E-state index contributed by atoms with van der Waals surface area (Å²) in [6.45, 7) is 0. The van der Waals surface area contributed by atoms with Crippen LogP contribution in [0.25, 0.3) is 11.2 Å². The van der Waals surface area contributed by atoms with Crippen LogP contribution in [-0.4, -0.2) is 61.0 Å². The summed E-state index contributed by atoms with van der Waals surface area (Å²) in [6.07, 6.45) is -3.68. The van der Waals surface area contributed by atoms with Crippen LogP contribution in [-0.2, 0) is 9.53 Å². The van der Waals surface area contributed by atoms with E-state index in [2.05, 4.69) is 48.2 Å². The number of anilines is 2. The Balaban J connectivity index is 1.72. The molecule has 1 saturated heterocycles. The smallest absolute Gasteiger partial charge is 0.251 e. The Hall–Kier alpha value is -2.06. The van der Waals surface area contributed by atoms with E-state index in [4.69, 9.17) is 16.3 Å². The molecule has 3 heterocycles. The maximum Gasteiger partial charge on any atom is 0.251 e. The lowest BCUT2D eigenvalue weighted by Crippen LogP contribution is -2.41. The zero-order valence-corrected chi connectivity index (χ0v) is 17.9. The van der Waals surface area contributed by atoms with Crippen LogP contribution in [0.3, 0.4) is 0 Å². The summed E-state index contributed by atoms with van der Waals surface area (Å²) in [7, 11) is 1.42. The molecular formula is C17H16ClIN6O4. The highest BCUT2D eigenvalue weighted by molar-refractivity contribution is 14.1. The summed E-state index contributed by atoms with van der Waals surface area (Å²) < 4.78 is 8.04. The number of nitrogens with zero attached hydrogens (tertiary/aromatic N) is 4. The van der Waals surface area contributed by atoms with Gasteiger partial charge >= 0.3 is 0 Å². The first-order chi connectivity index (χ1) is 13.9. The molecule has 4 N–H and O–H groups in total. The van der Waals surface area contributed by atoms with Crippen LogP contribution in [0, 0.1) is 3.57 Å². The maximum absolute atomic E-state index is 11.9. The van der Waals surface area contributed by atoms with Gasteiger partial charge in [-0.15, -0.1) is 0 Å². The largest absolute Gasteiger partial charge is 0.387 e. The van der Waals surface area contributed by atoms with Crippen molar-refractivity contribution >= 4 is 62.8 Å². The summed E-state index contributed by atoms with van der Waals surface area (Å²) in [5.41, 5.74) is 1.46. The second-order valence-electron chi connectivity index (χ2n) is 6.34. The van der Waals surface area contributed by atoms with E-state index in [0.29, 0.717) is 11.3 Å². The minimum absolute atomic E-state index is 0.0386. The molecule has 0 bridgehead atoms. The highest BCUT2D eigenvalue weighted by Gasteiger charge is 2.47. The maximum atomic E-state index is 11.9. The number of imidazole rings is 1. The number of ether oxygens (including phenoxy) is 1. The van der Waals surface area contributed by atoms with Crippen molar-refractivity contribution in [3.63, 3.8) is 0 Å². The summed E-state index contributed by atoms with van der Waals surface area (Å²) in [6, 6.07) is 7.64. The van der Waals surface area contributed by atoms with Gasteiger partial charge in [-0.1, -0.05) is 6.07 Å². The molecule has 0 spiro atoms. The number of benzene rings is 1. The van der Waals surface area contributed by atoms with E-state index in [0.717, 1.165) is 9.26 Å². The molecule has 0 radical (unpaired) electrons. The van der Waals surface area contributed by atoms with Gasteiger partial charge in [0, 0.05) is 16.3 Å². The predicted molar refractivity (Wildman–Crippen MR) is 113 cm³/mol. The molecule has 1 fully saturated rings. The third kappa shape index (κ3) is 3.75. The number of amides is 1. The lowest BCUT2D eigenvalue weighted by molar-refractivity contribution is -0.137. The van der Waals surface area contributed by atoms with E-state index in [-0.39, 0.29) is 10.9 Å². The van der Waals surface area contributed by atoms with Gasteiger partial charge in [-0.2, -0.15) is 9.97 Å². The molecular weight excluding hydrogens is 515 g/mol. The Morgan fingerprint density at radius 1 is 1.31 bits per heavy atom. The Kier molecular flexibility index (Phi) is 5.57. The van der Waals surface area contributed by atoms with E-state index >= 15 is 0 Å². The zero-order chi connectivity index (χ0) is 20.7. The van der Waals surface area contributed by atoms with Gasteiger partial charge in [0.25, 0.3) is 5.91 Å². The molecule has 1 aliphatic rings. The monoisotopic (exact) mass is 530 g/mol. The lowest BCUT2D eigenvalue weighted by atomic mass is 10.1. The lowest BCUT2D eigenvalue weighted by Gasteiger charge is -2.16. The van der Waals surface area contributed by atoms with Gasteiger partial charge < -0.3 is 25.6 Å². The fourth-order valence-corrected chi connectivity index (χ4v) is 3.82. The van der Waals surface area contributed by atoms with Crippen molar-refractivity contribution in [2.75, 3.05) is 12.4 Å². The quantitative estimate of drug-likeness (QED) is 0.292. The second-order valence-corrected chi connectivity index (χ2v) is 7.93. The number of aliphatic hydroxyl groups is 2. The van der Waals surface area contributed by atoms with Crippen LogP contribution < -0.4 is 10.6 Å². The van der Waals surface area contributed by atoms with Crippen molar-refractivity contribution in [3.05, 3.63) is 39.4 Å². The molecule has 1 aliphatic heterocycles. The van der Waals surface area contributed by atoms with Gasteiger partial charge in [0.15, 0.2) is 29.3 Å². The van der Waals surface area contributed by atoms with E-state index < -0.39 is 30.4 Å². The van der Waals surface area contributed by atoms with E-state index in [1.165, 1.54) is 17.9 Å². The van der Waals surface area contributed by atoms with Gasteiger partial charge in [0.1, 0.15) is 12.2 Å². The van der Waals surface area contributed by atoms with Crippen LogP contribution in [0.4, 0.5) is 11.5 Å². The Morgan fingerprint density at radius 2 is 2.10 bits per heavy atom. The van der Waals surface area contributed by atoms with Crippen LogP contribution in [0.15, 0.2) is 30.6 Å². The number of aromatic nitrogens is 4. The molecule has 0 aliphatic carbocycles. The molecule has 29 heavy (non-hydrogen) atoms. The standard InChI is InChI=1S/C17H16ClIN6O4/c1-20-15(28)12-10(26)11(27)16(29-12)25-6-21-9-13(23-17(18)24-14(9)25)22-8-4-2-3-7(19)5-8/h2-6,10-12,16,26-27H,1H3,(H,20,28)(H,22,23,24)/t10-,11+,12?,16+/m0/s1. The van der Waals surface area contributed by atoms with E-state index in [1.807, 2.05) is 24.3 Å². The first-order valence-electron chi connectivity index (χ1n) is 8.55. The molecule has 1 amide bonds. The summed E-state index contributed by atoms with van der Waals surface area (Å²) in [5.74, 6) is -0.172. The van der Waals surface area contributed by atoms with Crippen LogP contribution in [0.2, 0.25) is 5.28 Å². The summed E-state index contributed by atoms with van der Waals surface area (Å²) in [5, 5.41) is 26.1. The number of fused-ring (bicyclic) bond motifs is 1. The third-order valence-corrected chi connectivity index (χ3v) is 5.34. The van der Waals surface area contributed by atoms with Crippen molar-refractivity contribution in [1.82, 2.24) is 24.8 Å². The number of hydrogen-bond donors (Lipinski definition) is 4. The van der Waals surface area contributed by atoms with Crippen LogP contribution >= 0.6 is 34.2 Å². The van der Waals surface area contributed by atoms with Gasteiger partial charge in [-0.25, -0.2) is 4.98 Å².